The smallest absolute Gasteiger partial charge is 0.163 e. The molecule has 0 aromatic heterocycles. The van der Waals surface area contributed by atoms with E-state index in [9.17, 15) is 14.3 Å². The first-order valence-corrected chi connectivity index (χ1v) is 7.47. The number of rotatable bonds is 6. The summed E-state index contributed by atoms with van der Waals surface area (Å²) >= 11 is 1.73. The second-order valence-corrected chi connectivity index (χ2v) is 5.65. The van der Waals surface area contributed by atoms with Crippen LogP contribution in [0.3, 0.4) is 0 Å². The van der Waals surface area contributed by atoms with Gasteiger partial charge in [-0.1, -0.05) is 0 Å². The first kappa shape index (κ1) is 16.0. The van der Waals surface area contributed by atoms with Crippen LogP contribution < -0.4 is 0 Å². The Kier molecular flexibility index (Phi) is 5.82. The largest absolute Gasteiger partial charge is 0.507 e. The molecule has 0 aliphatic rings. The number of hydrogen-bond acceptors (Lipinski definition) is 4. The molecule has 0 amide bonds. The highest BCUT2D eigenvalue weighted by molar-refractivity contribution is 7.98. The minimum absolute atomic E-state index is 0.0425. The maximum Gasteiger partial charge on any atom is 0.163 e. The normalized spacial score (nSPS) is 12.7. The molecule has 0 fully saturated rings. The molecule has 1 N–H and O–H groups in total. The maximum atomic E-state index is 13.5. The highest BCUT2D eigenvalue weighted by Gasteiger charge is 2.16. The molecule has 0 spiro atoms. The van der Waals surface area contributed by atoms with Crippen LogP contribution in [0.5, 0.6) is 5.75 Å². The third-order valence-electron chi connectivity index (χ3n) is 3.11. The highest BCUT2D eigenvalue weighted by Crippen LogP contribution is 2.26. The lowest BCUT2D eigenvalue weighted by molar-refractivity contribution is 0.101. The van der Waals surface area contributed by atoms with Crippen LogP contribution in [-0.4, -0.2) is 40.9 Å². The van der Waals surface area contributed by atoms with Crippen molar-refractivity contribution in [1.29, 1.82) is 0 Å². The Morgan fingerprint density at radius 2 is 2.16 bits per heavy atom. The van der Waals surface area contributed by atoms with Crippen molar-refractivity contribution in [3.63, 3.8) is 0 Å². The van der Waals surface area contributed by atoms with E-state index >= 15 is 0 Å². The van der Waals surface area contributed by atoms with E-state index in [-0.39, 0.29) is 17.1 Å². The summed E-state index contributed by atoms with van der Waals surface area (Å²) in [5.41, 5.74) is 0.488. The van der Waals surface area contributed by atoms with Gasteiger partial charge in [0.2, 0.25) is 0 Å². The van der Waals surface area contributed by atoms with Gasteiger partial charge in [-0.3, -0.25) is 9.69 Å². The molecule has 1 atom stereocenters. The van der Waals surface area contributed by atoms with Gasteiger partial charge in [0.15, 0.2) is 5.78 Å². The summed E-state index contributed by atoms with van der Waals surface area (Å²) in [7, 11) is 1.92. The third-order valence-corrected chi connectivity index (χ3v) is 3.93. The second kappa shape index (κ2) is 6.91. The standard InChI is InChI=1S/C14H20FNO2S/c1-9(8-19-4)16(3)7-11-5-12(15)6-13(10(2)17)14(11)18/h5-6,9,18H,7-8H2,1-4H3. The number of carbonyl (C=O) groups is 1. The van der Waals surface area contributed by atoms with E-state index in [0.29, 0.717) is 18.2 Å². The minimum Gasteiger partial charge on any atom is -0.507 e. The molecule has 1 rings (SSSR count). The van der Waals surface area contributed by atoms with Crippen LogP contribution in [0.1, 0.15) is 29.8 Å². The van der Waals surface area contributed by atoms with E-state index in [1.165, 1.54) is 13.0 Å². The number of benzene rings is 1. The van der Waals surface area contributed by atoms with Gasteiger partial charge in [0, 0.05) is 23.9 Å². The van der Waals surface area contributed by atoms with Gasteiger partial charge < -0.3 is 5.11 Å². The molecule has 0 saturated carbocycles. The Morgan fingerprint density at radius 1 is 1.53 bits per heavy atom. The summed E-state index contributed by atoms with van der Waals surface area (Å²) in [4.78, 5) is 13.4. The van der Waals surface area contributed by atoms with Gasteiger partial charge in [0.05, 0.1) is 5.56 Å². The molecular weight excluding hydrogens is 265 g/mol. The number of aromatic hydroxyl groups is 1. The van der Waals surface area contributed by atoms with Crippen molar-refractivity contribution in [3.05, 3.63) is 29.1 Å². The summed E-state index contributed by atoms with van der Waals surface area (Å²) in [6, 6.07) is 2.66. The lowest BCUT2D eigenvalue weighted by Gasteiger charge is -2.24. The van der Waals surface area contributed by atoms with E-state index in [0.717, 1.165) is 11.8 Å². The molecular formula is C14H20FNO2S. The van der Waals surface area contributed by atoms with Gasteiger partial charge in [-0.25, -0.2) is 4.39 Å². The predicted molar refractivity (Wildman–Crippen MR) is 77.4 cm³/mol. The summed E-state index contributed by atoms with van der Waals surface area (Å²) < 4.78 is 13.5. The van der Waals surface area contributed by atoms with E-state index in [2.05, 4.69) is 6.92 Å². The topological polar surface area (TPSA) is 40.5 Å². The Bertz CT molecular complexity index is 465. The fourth-order valence-electron chi connectivity index (χ4n) is 1.84. The van der Waals surface area contributed by atoms with Crippen molar-refractivity contribution in [3.8, 4) is 5.75 Å². The number of phenolic OH excluding ortho intramolecular Hbond substituents is 1. The van der Waals surface area contributed by atoms with Crippen molar-refractivity contribution in [1.82, 2.24) is 4.90 Å². The Morgan fingerprint density at radius 3 is 2.68 bits per heavy atom. The van der Waals surface area contributed by atoms with Gasteiger partial charge >= 0.3 is 0 Å². The first-order valence-electron chi connectivity index (χ1n) is 6.08. The Hall–Kier alpha value is -1.07. The lowest BCUT2D eigenvalue weighted by atomic mass is 10.0. The SMILES string of the molecule is CSCC(C)N(C)Cc1cc(F)cc(C(C)=O)c1O. The monoisotopic (exact) mass is 285 g/mol. The van der Waals surface area contributed by atoms with Gasteiger partial charge in [-0.2, -0.15) is 11.8 Å². The number of ketones is 1. The fourth-order valence-corrected chi connectivity index (χ4v) is 2.57. The fraction of sp³-hybridized carbons (Fsp3) is 0.500. The van der Waals surface area contributed by atoms with Crippen LogP contribution in [0.4, 0.5) is 4.39 Å². The van der Waals surface area contributed by atoms with Crippen molar-refractivity contribution in [2.24, 2.45) is 0 Å². The van der Waals surface area contributed by atoms with Crippen LogP contribution in [0.15, 0.2) is 12.1 Å². The van der Waals surface area contributed by atoms with Crippen LogP contribution in [0.2, 0.25) is 0 Å². The molecule has 0 heterocycles. The van der Waals surface area contributed by atoms with E-state index in [1.54, 1.807) is 11.8 Å². The average molecular weight is 285 g/mol. The van der Waals surface area contributed by atoms with Gasteiger partial charge in [-0.05, 0) is 39.3 Å². The molecule has 1 aromatic carbocycles. The van der Waals surface area contributed by atoms with Crippen molar-refractivity contribution in [2.45, 2.75) is 26.4 Å². The molecule has 0 saturated heterocycles. The third kappa shape index (κ3) is 4.21. The zero-order valence-corrected chi connectivity index (χ0v) is 12.6. The van der Waals surface area contributed by atoms with Crippen molar-refractivity contribution >= 4 is 17.5 Å². The number of phenols is 1. The van der Waals surface area contributed by atoms with Gasteiger partial charge in [0.25, 0.3) is 0 Å². The molecule has 0 radical (unpaired) electrons. The number of thioether (sulfide) groups is 1. The molecule has 1 aromatic rings. The number of carbonyl (C=O) groups excluding carboxylic acids is 1. The van der Waals surface area contributed by atoms with Crippen LogP contribution in [-0.2, 0) is 6.54 Å². The zero-order chi connectivity index (χ0) is 14.6. The molecule has 19 heavy (non-hydrogen) atoms. The predicted octanol–water partition coefficient (Wildman–Crippen LogP) is 2.92. The maximum absolute atomic E-state index is 13.5. The molecule has 1 unspecified atom stereocenters. The van der Waals surface area contributed by atoms with Gasteiger partial charge in [-0.15, -0.1) is 0 Å². The van der Waals surface area contributed by atoms with Crippen LogP contribution >= 0.6 is 11.8 Å². The van der Waals surface area contributed by atoms with Gasteiger partial charge in [0.1, 0.15) is 11.6 Å². The van der Waals surface area contributed by atoms with E-state index in [4.69, 9.17) is 0 Å². The van der Waals surface area contributed by atoms with E-state index in [1.807, 2.05) is 18.2 Å². The number of Topliss-reactive ketones (excluding diaryl/α,β-unsaturated/α-hetero) is 1. The second-order valence-electron chi connectivity index (χ2n) is 4.74. The lowest BCUT2D eigenvalue weighted by Crippen LogP contribution is -2.30. The molecule has 3 nitrogen and oxygen atoms in total. The molecule has 0 aliphatic heterocycles. The quantitative estimate of drug-likeness (QED) is 0.816. The zero-order valence-electron chi connectivity index (χ0n) is 11.7. The summed E-state index contributed by atoms with van der Waals surface area (Å²) in [6.07, 6.45) is 2.03. The summed E-state index contributed by atoms with van der Waals surface area (Å²) in [5.74, 6) is 0.00525. The van der Waals surface area contributed by atoms with Crippen LogP contribution in [0, 0.1) is 5.82 Å². The molecule has 5 heteroatoms. The number of halogens is 1. The molecule has 0 bridgehead atoms. The minimum atomic E-state index is -0.496. The van der Waals surface area contributed by atoms with Crippen LogP contribution in [0.25, 0.3) is 0 Å². The summed E-state index contributed by atoms with van der Waals surface area (Å²) in [6.45, 7) is 3.79. The molecule has 0 aliphatic carbocycles. The number of hydrogen-bond donors (Lipinski definition) is 1. The Labute approximate surface area is 117 Å². The summed E-state index contributed by atoms with van der Waals surface area (Å²) in [5, 5.41) is 10.0. The average Bonchev–Trinajstić information content (AvgIpc) is 2.33. The van der Waals surface area contributed by atoms with Crippen molar-refractivity contribution in [2.75, 3.05) is 19.1 Å². The first-order chi connectivity index (χ1) is 8.86. The molecule has 106 valence electrons. The highest BCUT2D eigenvalue weighted by atomic mass is 32.2. The number of nitrogens with zero attached hydrogens (tertiary/aromatic N) is 1. The van der Waals surface area contributed by atoms with Crippen molar-refractivity contribution < 1.29 is 14.3 Å². The van der Waals surface area contributed by atoms with E-state index < -0.39 is 5.82 Å². The Balaban J connectivity index is 2.98.